The molecule has 2 fully saturated rings. The Morgan fingerprint density at radius 2 is 2.07 bits per heavy atom. The number of aryl methyl sites for hydroxylation is 2. The molecule has 4 rings (SSSR count). The van der Waals surface area contributed by atoms with Gasteiger partial charge in [0.15, 0.2) is 0 Å². The van der Waals surface area contributed by atoms with Gasteiger partial charge in [0.2, 0.25) is 5.91 Å². The molecule has 0 aliphatic carbocycles. The second kappa shape index (κ2) is 7.48. The van der Waals surface area contributed by atoms with Crippen LogP contribution >= 0.6 is 0 Å². The van der Waals surface area contributed by atoms with Gasteiger partial charge in [0.1, 0.15) is 11.5 Å². The Hall–Kier alpha value is -2.12. The first-order valence-corrected chi connectivity index (χ1v) is 9.63. The second-order valence-electron chi connectivity index (χ2n) is 7.68. The van der Waals surface area contributed by atoms with E-state index in [2.05, 4.69) is 10.1 Å². The summed E-state index contributed by atoms with van der Waals surface area (Å²) in [5, 5.41) is 3.94. The summed E-state index contributed by atoms with van der Waals surface area (Å²) in [5.41, 5.74) is 1.57. The maximum Gasteiger partial charge on any atom is 0.227 e. The lowest BCUT2D eigenvalue weighted by atomic mass is 9.89. The number of carbonyl (C=O) groups is 1. The van der Waals surface area contributed by atoms with Gasteiger partial charge in [-0.15, -0.1) is 0 Å². The van der Waals surface area contributed by atoms with Crippen molar-refractivity contribution in [2.45, 2.75) is 45.3 Å². The number of amides is 1. The zero-order valence-corrected chi connectivity index (χ0v) is 16.1. The van der Waals surface area contributed by atoms with E-state index in [9.17, 15) is 4.79 Å². The lowest BCUT2D eigenvalue weighted by Gasteiger charge is -2.47. The van der Waals surface area contributed by atoms with Crippen LogP contribution in [0, 0.1) is 13.8 Å². The maximum atomic E-state index is 12.7. The largest absolute Gasteiger partial charge is 0.468 e. The molecule has 0 atom stereocenters. The average Bonchev–Trinajstić information content (AvgIpc) is 3.27. The van der Waals surface area contributed by atoms with Crippen LogP contribution in [0.1, 0.15) is 35.6 Å². The molecule has 4 heterocycles. The van der Waals surface area contributed by atoms with Gasteiger partial charge in [-0.25, -0.2) is 0 Å². The first-order valence-electron chi connectivity index (χ1n) is 9.63. The van der Waals surface area contributed by atoms with Crippen molar-refractivity contribution in [2.24, 2.45) is 0 Å². The van der Waals surface area contributed by atoms with Crippen molar-refractivity contribution in [3.63, 3.8) is 0 Å². The van der Waals surface area contributed by atoms with Crippen LogP contribution in [0.2, 0.25) is 0 Å². The zero-order valence-electron chi connectivity index (χ0n) is 16.1. The molecular weight excluding hydrogens is 346 g/mol. The molecule has 7 nitrogen and oxygen atoms in total. The van der Waals surface area contributed by atoms with E-state index in [0.29, 0.717) is 6.42 Å². The third-order valence-corrected chi connectivity index (χ3v) is 5.82. The summed E-state index contributed by atoms with van der Waals surface area (Å²) >= 11 is 0. The summed E-state index contributed by atoms with van der Waals surface area (Å²) in [4.78, 5) is 17.1. The minimum absolute atomic E-state index is 0.141. The quantitative estimate of drug-likeness (QED) is 0.819. The normalized spacial score (nSPS) is 20.3. The molecule has 2 aromatic rings. The predicted molar refractivity (Wildman–Crippen MR) is 98.2 cm³/mol. The van der Waals surface area contributed by atoms with Crippen LogP contribution in [0.5, 0.6) is 0 Å². The van der Waals surface area contributed by atoms with Crippen LogP contribution < -0.4 is 0 Å². The van der Waals surface area contributed by atoms with Gasteiger partial charge in [0.25, 0.3) is 0 Å². The maximum absolute atomic E-state index is 12.7. The van der Waals surface area contributed by atoms with Crippen molar-refractivity contribution < 1.29 is 18.5 Å². The number of nitrogens with zero attached hydrogens (tertiary/aromatic N) is 3. The van der Waals surface area contributed by atoms with Crippen LogP contribution in [0.25, 0.3) is 0 Å². The molecule has 0 bridgehead atoms. The molecular formula is C20H27N3O4. The minimum Gasteiger partial charge on any atom is -0.468 e. The highest BCUT2D eigenvalue weighted by atomic mass is 16.5. The van der Waals surface area contributed by atoms with E-state index in [4.69, 9.17) is 13.7 Å². The highest BCUT2D eigenvalue weighted by Crippen LogP contribution is 2.31. The standard InChI is InChI=1S/C20H27N3O4/c1-15-18(16(2)27-21-15)12-19(24)23-7-5-20(6-8-23)14-22(9-11-26-20)13-17-4-3-10-25-17/h3-4,10H,5-9,11-14H2,1-2H3. The Labute approximate surface area is 159 Å². The number of hydrogen-bond donors (Lipinski definition) is 0. The fraction of sp³-hybridized carbons (Fsp3) is 0.600. The number of ether oxygens (including phenoxy) is 1. The second-order valence-corrected chi connectivity index (χ2v) is 7.68. The number of rotatable bonds is 4. The van der Waals surface area contributed by atoms with E-state index in [0.717, 1.165) is 75.0 Å². The van der Waals surface area contributed by atoms with Crippen LogP contribution in [-0.4, -0.2) is 59.3 Å². The number of piperidine rings is 1. The molecule has 0 unspecified atom stereocenters. The fourth-order valence-corrected chi connectivity index (χ4v) is 4.16. The van der Waals surface area contributed by atoms with Gasteiger partial charge in [-0.2, -0.15) is 0 Å². The number of furan rings is 1. The van der Waals surface area contributed by atoms with E-state index in [1.165, 1.54) is 0 Å². The Kier molecular flexibility index (Phi) is 5.06. The third kappa shape index (κ3) is 3.94. The van der Waals surface area contributed by atoms with Crippen molar-refractivity contribution in [1.29, 1.82) is 0 Å². The van der Waals surface area contributed by atoms with Crippen molar-refractivity contribution in [3.8, 4) is 0 Å². The van der Waals surface area contributed by atoms with Crippen molar-refractivity contribution in [2.75, 3.05) is 32.8 Å². The number of morpholine rings is 1. The number of carbonyl (C=O) groups excluding carboxylic acids is 1. The Morgan fingerprint density at radius 3 is 2.74 bits per heavy atom. The van der Waals surface area contributed by atoms with Gasteiger partial charge in [0.05, 0.1) is 37.1 Å². The minimum atomic E-state index is -0.148. The van der Waals surface area contributed by atoms with E-state index in [1.54, 1.807) is 6.26 Å². The Balaban J connectivity index is 1.33. The molecule has 2 aromatic heterocycles. The van der Waals surface area contributed by atoms with Crippen molar-refractivity contribution in [3.05, 3.63) is 41.2 Å². The molecule has 0 aromatic carbocycles. The molecule has 0 N–H and O–H groups in total. The Morgan fingerprint density at radius 1 is 1.26 bits per heavy atom. The van der Waals surface area contributed by atoms with E-state index >= 15 is 0 Å². The molecule has 0 saturated carbocycles. The van der Waals surface area contributed by atoms with Gasteiger partial charge >= 0.3 is 0 Å². The van der Waals surface area contributed by atoms with E-state index in [-0.39, 0.29) is 11.5 Å². The molecule has 1 spiro atoms. The van der Waals surface area contributed by atoms with Gasteiger partial charge < -0.3 is 18.6 Å². The fourth-order valence-electron chi connectivity index (χ4n) is 4.16. The topological polar surface area (TPSA) is 72.0 Å². The molecule has 0 radical (unpaired) electrons. The summed E-state index contributed by atoms with van der Waals surface area (Å²) in [5.74, 6) is 1.86. The lowest BCUT2D eigenvalue weighted by Crippen LogP contribution is -2.57. The van der Waals surface area contributed by atoms with Gasteiger partial charge in [-0.3, -0.25) is 9.69 Å². The number of likely N-dealkylation sites (tertiary alicyclic amines) is 1. The summed E-state index contributed by atoms with van der Waals surface area (Å²) in [6, 6.07) is 3.94. The average molecular weight is 373 g/mol. The van der Waals surface area contributed by atoms with Crippen LogP contribution in [0.15, 0.2) is 27.3 Å². The van der Waals surface area contributed by atoms with Crippen LogP contribution in [0.4, 0.5) is 0 Å². The number of hydrogen-bond acceptors (Lipinski definition) is 6. The lowest BCUT2D eigenvalue weighted by molar-refractivity contribution is -0.151. The highest BCUT2D eigenvalue weighted by Gasteiger charge is 2.40. The smallest absolute Gasteiger partial charge is 0.227 e. The number of aromatic nitrogens is 1. The summed E-state index contributed by atoms with van der Waals surface area (Å²) < 4.78 is 16.8. The summed E-state index contributed by atoms with van der Waals surface area (Å²) in [7, 11) is 0. The SMILES string of the molecule is Cc1noc(C)c1CC(=O)N1CCC2(CC1)CN(Cc1ccco1)CCO2. The highest BCUT2D eigenvalue weighted by molar-refractivity contribution is 5.79. The molecule has 27 heavy (non-hydrogen) atoms. The van der Waals surface area contributed by atoms with Gasteiger partial charge in [-0.05, 0) is 38.8 Å². The molecule has 7 heteroatoms. The first kappa shape index (κ1) is 18.3. The predicted octanol–water partition coefficient (Wildman–Crippen LogP) is 2.32. The Bertz CT molecular complexity index is 756. The summed E-state index contributed by atoms with van der Waals surface area (Å²) in [6.45, 7) is 8.55. The summed E-state index contributed by atoms with van der Waals surface area (Å²) in [6.07, 6.45) is 3.82. The van der Waals surface area contributed by atoms with Crippen molar-refractivity contribution in [1.82, 2.24) is 15.0 Å². The monoisotopic (exact) mass is 373 g/mol. The van der Waals surface area contributed by atoms with Gasteiger partial charge in [0, 0.05) is 31.7 Å². The molecule has 2 saturated heterocycles. The van der Waals surface area contributed by atoms with Crippen LogP contribution in [-0.2, 0) is 22.5 Å². The molecule has 2 aliphatic rings. The van der Waals surface area contributed by atoms with Gasteiger partial charge in [-0.1, -0.05) is 5.16 Å². The third-order valence-electron chi connectivity index (χ3n) is 5.82. The zero-order chi connectivity index (χ0) is 18.9. The molecule has 2 aliphatic heterocycles. The van der Waals surface area contributed by atoms with Crippen LogP contribution in [0.3, 0.4) is 0 Å². The van der Waals surface area contributed by atoms with E-state index in [1.807, 2.05) is 30.9 Å². The molecule has 1 amide bonds. The van der Waals surface area contributed by atoms with Crippen molar-refractivity contribution >= 4 is 5.91 Å². The first-order chi connectivity index (χ1) is 13.0. The molecule has 146 valence electrons. The van der Waals surface area contributed by atoms with E-state index < -0.39 is 0 Å².